The van der Waals surface area contributed by atoms with Crippen molar-refractivity contribution in [3.63, 3.8) is 0 Å². The van der Waals surface area contributed by atoms with Crippen molar-refractivity contribution >= 4 is 28.3 Å². The Hall–Kier alpha value is -3.97. The van der Waals surface area contributed by atoms with Crippen molar-refractivity contribution in [3.05, 3.63) is 81.7 Å². The molecule has 0 aliphatic rings. The van der Waals surface area contributed by atoms with E-state index in [-0.39, 0.29) is 11.3 Å². The summed E-state index contributed by atoms with van der Waals surface area (Å²) in [5.41, 5.74) is 1.16. The molecule has 0 aliphatic carbocycles. The molecule has 0 amide bonds. The molecule has 0 fully saturated rings. The van der Waals surface area contributed by atoms with Crippen molar-refractivity contribution in [2.75, 3.05) is 28.4 Å². The molecule has 8 heteroatoms. The zero-order valence-electron chi connectivity index (χ0n) is 19.0. The summed E-state index contributed by atoms with van der Waals surface area (Å²) in [6.45, 7) is 0. The molecule has 4 rings (SSSR count). The van der Waals surface area contributed by atoms with Gasteiger partial charge in [0.2, 0.25) is 5.75 Å². The third-order valence-electron chi connectivity index (χ3n) is 5.49. The highest BCUT2D eigenvalue weighted by Gasteiger charge is 2.27. The first-order chi connectivity index (χ1) is 16.4. The number of methoxy groups -OCH3 is 4. The molecule has 3 aromatic carbocycles. The fraction of sp³-hybridized carbons (Fsp3) is 0.154. The summed E-state index contributed by atoms with van der Waals surface area (Å²) in [5, 5.41) is 1.28. The van der Waals surface area contributed by atoms with E-state index in [9.17, 15) is 9.59 Å². The highest BCUT2D eigenvalue weighted by Crippen LogP contribution is 2.44. The van der Waals surface area contributed by atoms with E-state index in [0.717, 1.165) is 0 Å². The van der Waals surface area contributed by atoms with Gasteiger partial charge in [-0.1, -0.05) is 29.8 Å². The average molecular weight is 480 g/mol. The summed E-state index contributed by atoms with van der Waals surface area (Å²) in [6.07, 6.45) is 0. The van der Waals surface area contributed by atoms with E-state index in [1.54, 1.807) is 54.6 Å². The number of aromatic nitrogens is 1. The van der Waals surface area contributed by atoms with E-state index in [1.807, 2.05) is 6.07 Å². The highest BCUT2D eigenvalue weighted by molar-refractivity contribution is 6.31. The maximum absolute atomic E-state index is 13.7. The van der Waals surface area contributed by atoms with Crippen LogP contribution in [0.3, 0.4) is 0 Å². The molecule has 1 heterocycles. The van der Waals surface area contributed by atoms with Gasteiger partial charge in [0, 0.05) is 21.7 Å². The fourth-order valence-corrected chi connectivity index (χ4v) is 4.17. The topological polar surface area (TPSA) is 76.0 Å². The predicted octanol–water partition coefficient (Wildman–Crippen LogP) is 5.12. The Morgan fingerprint density at radius 3 is 2.03 bits per heavy atom. The smallest absolute Gasteiger partial charge is 0.355 e. The SMILES string of the molecule is COC(=O)c1c(-c2cc(OC)c(OC)c(OC)c2)c2cc(Cl)ccc2c(=O)n1-c1ccccc1. The van der Waals surface area contributed by atoms with Crippen LogP contribution in [-0.4, -0.2) is 39.0 Å². The molecule has 1 aromatic heterocycles. The number of rotatable bonds is 6. The monoisotopic (exact) mass is 479 g/mol. The molecule has 0 spiro atoms. The Balaban J connectivity index is 2.26. The maximum Gasteiger partial charge on any atom is 0.355 e. The Morgan fingerprint density at radius 2 is 1.47 bits per heavy atom. The van der Waals surface area contributed by atoms with E-state index >= 15 is 0 Å². The van der Waals surface area contributed by atoms with E-state index in [1.165, 1.54) is 33.0 Å². The lowest BCUT2D eigenvalue weighted by molar-refractivity contribution is 0.0591. The molecule has 0 radical (unpaired) electrons. The van der Waals surface area contributed by atoms with Gasteiger partial charge in [-0.25, -0.2) is 4.79 Å². The van der Waals surface area contributed by atoms with Crippen LogP contribution in [0.1, 0.15) is 10.5 Å². The van der Waals surface area contributed by atoms with Crippen LogP contribution in [0.5, 0.6) is 17.2 Å². The van der Waals surface area contributed by atoms with Gasteiger partial charge in [0.05, 0.1) is 28.4 Å². The number of fused-ring (bicyclic) bond motifs is 1. The molecule has 0 N–H and O–H groups in total. The minimum atomic E-state index is -0.688. The zero-order valence-corrected chi connectivity index (χ0v) is 19.8. The lowest BCUT2D eigenvalue weighted by Gasteiger charge is -2.20. The van der Waals surface area contributed by atoms with Gasteiger partial charge in [0.15, 0.2) is 11.5 Å². The van der Waals surface area contributed by atoms with Crippen LogP contribution >= 0.6 is 11.6 Å². The molecule has 4 aromatic rings. The predicted molar refractivity (Wildman–Crippen MR) is 131 cm³/mol. The van der Waals surface area contributed by atoms with Crippen molar-refractivity contribution in [1.82, 2.24) is 4.57 Å². The second kappa shape index (κ2) is 9.49. The van der Waals surface area contributed by atoms with Crippen LogP contribution in [-0.2, 0) is 4.74 Å². The zero-order chi connectivity index (χ0) is 24.4. The second-order valence-corrected chi connectivity index (χ2v) is 7.73. The molecule has 0 aliphatic heterocycles. The average Bonchev–Trinajstić information content (AvgIpc) is 2.87. The van der Waals surface area contributed by atoms with Crippen molar-refractivity contribution in [3.8, 4) is 34.1 Å². The maximum atomic E-state index is 13.7. The first kappa shape index (κ1) is 23.2. The summed E-state index contributed by atoms with van der Waals surface area (Å²) in [7, 11) is 5.78. The number of ether oxygens (including phenoxy) is 4. The largest absolute Gasteiger partial charge is 0.493 e. The van der Waals surface area contributed by atoms with Gasteiger partial charge in [-0.3, -0.25) is 9.36 Å². The number of hydrogen-bond acceptors (Lipinski definition) is 6. The Kier molecular flexibility index (Phi) is 6.47. The molecule has 34 heavy (non-hydrogen) atoms. The molecular formula is C26H22ClNO6. The minimum absolute atomic E-state index is 0.0442. The number of hydrogen-bond donors (Lipinski definition) is 0. The number of esters is 1. The van der Waals surface area contributed by atoms with Crippen molar-refractivity contribution < 1.29 is 23.7 Å². The fourth-order valence-electron chi connectivity index (χ4n) is 4.00. The van der Waals surface area contributed by atoms with Crippen LogP contribution < -0.4 is 19.8 Å². The lowest BCUT2D eigenvalue weighted by atomic mass is 9.95. The highest BCUT2D eigenvalue weighted by atomic mass is 35.5. The minimum Gasteiger partial charge on any atom is -0.493 e. The molecule has 0 saturated carbocycles. The molecule has 0 unspecified atom stereocenters. The normalized spacial score (nSPS) is 10.7. The van der Waals surface area contributed by atoms with Crippen LogP contribution in [0.15, 0.2) is 65.5 Å². The molecule has 174 valence electrons. The van der Waals surface area contributed by atoms with Crippen molar-refractivity contribution in [1.29, 1.82) is 0 Å². The number of carbonyl (C=O) groups excluding carboxylic acids is 1. The van der Waals surface area contributed by atoms with Gasteiger partial charge >= 0.3 is 5.97 Å². The first-order valence-electron chi connectivity index (χ1n) is 10.3. The molecule has 0 atom stereocenters. The summed E-state index contributed by atoms with van der Waals surface area (Å²) in [5.74, 6) is 0.485. The molecular weight excluding hydrogens is 458 g/mol. The van der Waals surface area contributed by atoms with E-state index in [2.05, 4.69) is 0 Å². The van der Waals surface area contributed by atoms with Gasteiger partial charge < -0.3 is 18.9 Å². The van der Waals surface area contributed by atoms with E-state index in [4.69, 9.17) is 30.5 Å². The van der Waals surface area contributed by atoms with E-state index in [0.29, 0.717) is 49.9 Å². The summed E-state index contributed by atoms with van der Waals surface area (Å²) < 4.78 is 23.0. The van der Waals surface area contributed by atoms with Gasteiger partial charge in [-0.15, -0.1) is 0 Å². The molecule has 0 bridgehead atoms. The molecule has 7 nitrogen and oxygen atoms in total. The van der Waals surface area contributed by atoms with Crippen molar-refractivity contribution in [2.24, 2.45) is 0 Å². The Labute approximate surface area is 201 Å². The number of halogens is 1. The number of carbonyl (C=O) groups is 1. The lowest BCUT2D eigenvalue weighted by Crippen LogP contribution is -2.26. The second-order valence-electron chi connectivity index (χ2n) is 7.30. The van der Waals surface area contributed by atoms with Gasteiger partial charge in [0.1, 0.15) is 5.69 Å². The van der Waals surface area contributed by atoms with Crippen LogP contribution in [0.25, 0.3) is 27.6 Å². The first-order valence-corrected chi connectivity index (χ1v) is 10.6. The summed E-state index contributed by atoms with van der Waals surface area (Å²) >= 11 is 6.32. The third-order valence-corrected chi connectivity index (χ3v) is 5.73. The third kappa shape index (κ3) is 3.84. The molecule has 0 saturated heterocycles. The van der Waals surface area contributed by atoms with E-state index < -0.39 is 5.97 Å². The summed E-state index contributed by atoms with van der Waals surface area (Å²) in [4.78, 5) is 26.9. The summed E-state index contributed by atoms with van der Waals surface area (Å²) in [6, 6.07) is 17.2. The number of nitrogens with zero attached hydrogens (tertiary/aromatic N) is 1. The van der Waals surface area contributed by atoms with Gasteiger partial charge in [-0.05, 0) is 53.4 Å². The quantitative estimate of drug-likeness (QED) is 0.357. The van der Waals surface area contributed by atoms with Gasteiger partial charge in [0.25, 0.3) is 5.56 Å². The number of benzene rings is 3. The van der Waals surface area contributed by atoms with Gasteiger partial charge in [-0.2, -0.15) is 0 Å². The van der Waals surface area contributed by atoms with Crippen LogP contribution in [0, 0.1) is 0 Å². The number of para-hydroxylation sites is 1. The Morgan fingerprint density at radius 1 is 0.824 bits per heavy atom. The Bertz CT molecular complexity index is 1420. The van der Waals surface area contributed by atoms with Crippen LogP contribution in [0.2, 0.25) is 5.02 Å². The standard InChI is InChI=1S/C26H22ClNO6/c1-31-20-12-15(13-21(32-2)24(20)33-3)22-19-14-16(27)10-11-18(19)25(29)28(23(22)26(30)34-4)17-8-6-5-7-9-17/h5-14H,1-4H3. The van der Waals surface area contributed by atoms with Crippen LogP contribution in [0.4, 0.5) is 0 Å². The number of pyridine rings is 1. The van der Waals surface area contributed by atoms with Crippen molar-refractivity contribution in [2.45, 2.75) is 0 Å².